The van der Waals surface area contributed by atoms with Crippen LogP contribution in [0.15, 0.2) is 0 Å². The molecule has 0 amide bonds. The number of hydrogen-bond acceptors (Lipinski definition) is 2. The summed E-state index contributed by atoms with van der Waals surface area (Å²) in [6.07, 6.45) is 3.81. The van der Waals surface area contributed by atoms with Crippen LogP contribution < -0.4 is 5.32 Å². The maximum absolute atomic E-state index is 3.44. The average molecular weight is 242 g/mol. The molecule has 0 aliphatic heterocycles. The van der Waals surface area contributed by atoms with Gasteiger partial charge >= 0.3 is 0 Å². The first-order valence-electron chi connectivity index (χ1n) is 7.53. The van der Waals surface area contributed by atoms with Crippen LogP contribution in [0.4, 0.5) is 0 Å². The fourth-order valence-electron chi connectivity index (χ4n) is 2.52. The second kappa shape index (κ2) is 9.90. The lowest BCUT2D eigenvalue weighted by molar-refractivity contribution is 0.113. The SMILES string of the molecule is CCNCCC(C)N(CC(C)C)C(CC)CC. The lowest BCUT2D eigenvalue weighted by Crippen LogP contribution is -2.44. The van der Waals surface area contributed by atoms with E-state index in [4.69, 9.17) is 0 Å². The molecule has 1 unspecified atom stereocenters. The van der Waals surface area contributed by atoms with Crippen LogP contribution in [0.1, 0.15) is 60.8 Å². The van der Waals surface area contributed by atoms with Gasteiger partial charge in [0.25, 0.3) is 0 Å². The fraction of sp³-hybridized carbons (Fsp3) is 1.00. The summed E-state index contributed by atoms with van der Waals surface area (Å²) in [4.78, 5) is 2.72. The Kier molecular flexibility index (Phi) is 9.85. The molecule has 0 spiro atoms. The predicted octanol–water partition coefficient (Wildman–Crippen LogP) is 3.52. The topological polar surface area (TPSA) is 15.3 Å². The summed E-state index contributed by atoms with van der Waals surface area (Å²) >= 11 is 0. The summed E-state index contributed by atoms with van der Waals surface area (Å²) in [6, 6.07) is 1.45. The molecule has 0 aliphatic carbocycles. The molecule has 0 aromatic carbocycles. The van der Waals surface area contributed by atoms with Crippen molar-refractivity contribution in [3.63, 3.8) is 0 Å². The minimum absolute atomic E-state index is 0.696. The Hall–Kier alpha value is -0.0800. The molecule has 0 heterocycles. The molecular formula is C15H34N2. The highest BCUT2D eigenvalue weighted by atomic mass is 15.2. The molecule has 104 valence electrons. The van der Waals surface area contributed by atoms with Crippen LogP contribution in [0.2, 0.25) is 0 Å². The van der Waals surface area contributed by atoms with Gasteiger partial charge in [-0.3, -0.25) is 4.90 Å². The van der Waals surface area contributed by atoms with Gasteiger partial charge in [-0.1, -0.05) is 34.6 Å². The van der Waals surface area contributed by atoms with Crippen LogP contribution in [0, 0.1) is 5.92 Å². The van der Waals surface area contributed by atoms with Crippen LogP contribution in [0.5, 0.6) is 0 Å². The monoisotopic (exact) mass is 242 g/mol. The van der Waals surface area contributed by atoms with Gasteiger partial charge in [0.1, 0.15) is 0 Å². The van der Waals surface area contributed by atoms with Crippen molar-refractivity contribution in [2.75, 3.05) is 19.6 Å². The Morgan fingerprint density at radius 3 is 2.00 bits per heavy atom. The predicted molar refractivity (Wildman–Crippen MR) is 78.5 cm³/mol. The maximum Gasteiger partial charge on any atom is 0.00929 e. The second-order valence-corrected chi connectivity index (χ2v) is 5.55. The van der Waals surface area contributed by atoms with E-state index in [0.717, 1.165) is 25.0 Å². The highest BCUT2D eigenvalue weighted by Crippen LogP contribution is 2.16. The molecule has 17 heavy (non-hydrogen) atoms. The fourth-order valence-corrected chi connectivity index (χ4v) is 2.52. The first kappa shape index (κ1) is 16.9. The molecule has 0 bridgehead atoms. The zero-order valence-corrected chi connectivity index (χ0v) is 12.9. The van der Waals surface area contributed by atoms with E-state index < -0.39 is 0 Å². The summed E-state index contributed by atoms with van der Waals surface area (Å²) < 4.78 is 0. The molecular weight excluding hydrogens is 208 g/mol. The van der Waals surface area contributed by atoms with Gasteiger partial charge in [-0.05, 0) is 45.2 Å². The van der Waals surface area contributed by atoms with E-state index in [1.54, 1.807) is 0 Å². The molecule has 1 atom stereocenters. The maximum atomic E-state index is 3.44. The van der Waals surface area contributed by atoms with Crippen LogP contribution in [-0.4, -0.2) is 36.6 Å². The van der Waals surface area contributed by atoms with Crippen LogP contribution in [-0.2, 0) is 0 Å². The number of rotatable bonds is 10. The second-order valence-electron chi connectivity index (χ2n) is 5.55. The molecule has 0 rings (SSSR count). The van der Waals surface area contributed by atoms with Gasteiger partial charge in [-0.15, -0.1) is 0 Å². The smallest absolute Gasteiger partial charge is 0.00929 e. The molecule has 0 aromatic heterocycles. The summed E-state index contributed by atoms with van der Waals surface area (Å²) in [5.74, 6) is 0.761. The molecule has 0 aliphatic rings. The highest BCUT2D eigenvalue weighted by molar-refractivity contribution is 4.76. The average Bonchev–Trinajstić information content (AvgIpc) is 2.29. The van der Waals surface area contributed by atoms with Crippen LogP contribution in [0.25, 0.3) is 0 Å². The van der Waals surface area contributed by atoms with E-state index in [1.165, 1.54) is 25.8 Å². The van der Waals surface area contributed by atoms with Crippen LogP contribution >= 0.6 is 0 Å². The molecule has 0 fully saturated rings. The van der Waals surface area contributed by atoms with Crippen molar-refractivity contribution in [2.24, 2.45) is 5.92 Å². The Bertz CT molecular complexity index is 164. The summed E-state index contributed by atoms with van der Waals surface area (Å²) in [6.45, 7) is 17.3. The van der Waals surface area contributed by atoms with Crippen molar-refractivity contribution < 1.29 is 0 Å². The molecule has 2 nitrogen and oxygen atoms in total. The standard InChI is InChI=1S/C15H34N2/c1-7-15(8-2)17(12-13(4)5)14(6)10-11-16-9-3/h13-16H,7-12H2,1-6H3. The lowest BCUT2D eigenvalue weighted by Gasteiger charge is -2.37. The van der Waals surface area contributed by atoms with Gasteiger partial charge in [-0.2, -0.15) is 0 Å². The van der Waals surface area contributed by atoms with Gasteiger partial charge in [-0.25, -0.2) is 0 Å². The van der Waals surface area contributed by atoms with Crippen molar-refractivity contribution >= 4 is 0 Å². The van der Waals surface area contributed by atoms with Crippen LogP contribution in [0.3, 0.4) is 0 Å². The lowest BCUT2D eigenvalue weighted by atomic mass is 10.0. The zero-order chi connectivity index (χ0) is 13.3. The van der Waals surface area contributed by atoms with Crippen molar-refractivity contribution in [3.8, 4) is 0 Å². The molecule has 2 heteroatoms. The largest absolute Gasteiger partial charge is 0.317 e. The third-order valence-electron chi connectivity index (χ3n) is 3.54. The number of hydrogen-bond donors (Lipinski definition) is 1. The third kappa shape index (κ3) is 7.05. The van der Waals surface area contributed by atoms with Gasteiger partial charge in [0.15, 0.2) is 0 Å². The normalized spacial score (nSPS) is 13.9. The summed E-state index contributed by atoms with van der Waals surface area (Å²) in [5, 5.41) is 3.44. The van der Waals surface area contributed by atoms with E-state index in [1.807, 2.05) is 0 Å². The van der Waals surface area contributed by atoms with E-state index in [9.17, 15) is 0 Å². The van der Waals surface area contributed by atoms with E-state index in [0.29, 0.717) is 6.04 Å². The van der Waals surface area contributed by atoms with Crippen molar-refractivity contribution in [3.05, 3.63) is 0 Å². The van der Waals surface area contributed by atoms with Gasteiger partial charge in [0.2, 0.25) is 0 Å². The highest BCUT2D eigenvalue weighted by Gasteiger charge is 2.21. The Labute approximate surface area is 109 Å². The van der Waals surface area contributed by atoms with Gasteiger partial charge in [0.05, 0.1) is 0 Å². The molecule has 1 N–H and O–H groups in total. The number of nitrogens with zero attached hydrogens (tertiary/aromatic N) is 1. The van der Waals surface area contributed by atoms with Gasteiger partial charge in [0, 0.05) is 18.6 Å². The minimum Gasteiger partial charge on any atom is -0.317 e. The van der Waals surface area contributed by atoms with E-state index in [2.05, 4.69) is 51.8 Å². The number of nitrogens with one attached hydrogen (secondary N) is 1. The van der Waals surface area contributed by atoms with Crippen molar-refractivity contribution in [1.82, 2.24) is 10.2 Å². The summed E-state index contributed by atoms with van der Waals surface area (Å²) in [5.41, 5.74) is 0. The van der Waals surface area contributed by atoms with E-state index >= 15 is 0 Å². The Balaban J connectivity index is 4.32. The molecule has 0 saturated heterocycles. The summed E-state index contributed by atoms with van der Waals surface area (Å²) in [7, 11) is 0. The first-order valence-corrected chi connectivity index (χ1v) is 7.53. The Morgan fingerprint density at radius 2 is 1.59 bits per heavy atom. The van der Waals surface area contributed by atoms with E-state index in [-0.39, 0.29) is 0 Å². The minimum atomic E-state index is 0.696. The Morgan fingerprint density at radius 1 is 1.00 bits per heavy atom. The van der Waals surface area contributed by atoms with Crippen molar-refractivity contribution in [1.29, 1.82) is 0 Å². The quantitative estimate of drug-likeness (QED) is 0.590. The first-order chi connectivity index (χ1) is 8.06. The molecule has 0 saturated carbocycles. The zero-order valence-electron chi connectivity index (χ0n) is 12.9. The third-order valence-corrected chi connectivity index (χ3v) is 3.54. The van der Waals surface area contributed by atoms with Crippen molar-refractivity contribution in [2.45, 2.75) is 72.9 Å². The molecule has 0 radical (unpaired) electrons. The molecule has 0 aromatic rings. The van der Waals surface area contributed by atoms with Gasteiger partial charge < -0.3 is 5.32 Å².